The van der Waals surface area contributed by atoms with Crippen molar-refractivity contribution in [3.63, 3.8) is 0 Å². The summed E-state index contributed by atoms with van der Waals surface area (Å²) in [6, 6.07) is 15.2. The van der Waals surface area contributed by atoms with Gasteiger partial charge in [-0.25, -0.2) is 0 Å². The molecule has 0 spiro atoms. The third-order valence-electron chi connectivity index (χ3n) is 3.12. The second kappa shape index (κ2) is 6.57. The van der Waals surface area contributed by atoms with Crippen LogP contribution in [-0.4, -0.2) is 5.91 Å². The molecule has 3 nitrogen and oxygen atoms in total. The van der Waals surface area contributed by atoms with Gasteiger partial charge in [0.2, 0.25) is 5.91 Å². The number of carbonyl (C=O) groups excluding carboxylic acids is 1. The summed E-state index contributed by atoms with van der Waals surface area (Å²) >= 11 is 3.38. The van der Waals surface area contributed by atoms with E-state index in [4.69, 9.17) is 5.73 Å². The number of hydrogen-bond acceptors (Lipinski definition) is 2. The van der Waals surface area contributed by atoms with Crippen LogP contribution in [0.1, 0.15) is 24.1 Å². The second-order valence-corrected chi connectivity index (χ2v) is 5.64. The molecule has 1 unspecified atom stereocenters. The van der Waals surface area contributed by atoms with E-state index >= 15 is 0 Å². The largest absolute Gasteiger partial charge is 0.398 e. The van der Waals surface area contributed by atoms with Crippen LogP contribution in [0, 0.1) is 0 Å². The van der Waals surface area contributed by atoms with Crippen LogP contribution in [0.4, 0.5) is 5.69 Å². The van der Waals surface area contributed by atoms with Crippen LogP contribution in [0.2, 0.25) is 0 Å². The molecule has 3 N–H and O–H groups in total. The van der Waals surface area contributed by atoms with Crippen LogP contribution in [-0.2, 0) is 11.2 Å². The molecule has 0 aromatic heterocycles. The van der Waals surface area contributed by atoms with Crippen LogP contribution in [0.25, 0.3) is 0 Å². The highest BCUT2D eigenvalue weighted by atomic mass is 79.9. The van der Waals surface area contributed by atoms with Crippen molar-refractivity contribution < 1.29 is 4.79 Å². The maximum atomic E-state index is 12.0. The average molecular weight is 333 g/mol. The molecule has 0 aliphatic carbocycles. The molecule has 0 saturated carbocycles. The van der Waals surface area contributed by atoms with Crippen LogP contribution in [0.15, 0.2) is 53.0 Å². The summed E-state index contributed by atoms with van der Waals surface area (Å²) in [6.45, 7) is 1.94. The minimum atomic E-state index is -0.0980. The first-order valence-corrected chi connectivity index (χ1v) is 7.24. The smallest absolute Gasteiger partial charge is 0.224 e. The number of nitrogen functional groups attached to an aromatic ring is 1. The highest BCUT2D eigenvalue weighted by molar-refractivity contribution is 9.10. The summed E-state index contributed by atoms with van der Waals surface area (Å²) in [5, 5.41) is 2.97. The lowest BCUT2D eigenvalue weighted by Gasteiger charge is -2.16. The lowest BCUT2D eigenvalue weighted by Crippen LogP contribution is -2.28. The fourth-order valence-electron chi connectivity index (χ4n) is 2.06. The number of nitrogens with one attached hydrogen (secondary N) is 1. The molecule has 0 aliphatic heterocycles. The van der Waals surface area contributed by atoms with E-state index in [0.717, 1.165) is 15.6 Å². The normalized spacial score (nSPS) is 11.9. The molecule has 2 aromatic carbocycles. The van der Waals surface area contributed by atoms with Crippen molar-refractivity contribution in [2.24, 2.45) is 0 Å². The molecule has 0 fully saturated rings. The van der Waals surface area contributed by atoms with Crippen molar-refractivity contribution in [1.29, 1.82) is 0 Å². The number of rotatable bonds is 4. The molecular formula is C16H17BrN2O. The molecule has 0 bridgehead atoms. The predicted octanol–water partition coefficient (Wildman–Crippen LogP) is 3.45. The van der Waals surface area contributed by atoms with Gasteiger partial charge in [-0.15, -0.1) is 0 Å². The zero-order valence-electron chi connectivity index (χ0n) is 11.3. The number of halogens is 1. The van der Waals surface area contributed by atoms with Gasteiger partial charge in [0.25, 0.3) is 0 Å². The fourth-order valence-corrected chi connectivity index (χ4v) is 2.33. The molecule has 4 heteroatoms. The second-order valence-electron chi connectivity index (χ2n) is 4.72. The minimum absolute atomic E-state index is 0.0110. The van der Waals surface area contributed by atoms with E-state index in [9.17, 15) is 4.79 Å². The number of hydrogen-bond donors (Lipinski definition) is 2. The minimum Gasteiger partial charge on any atom is -0.398 e. The Morgan fingerprint density at radius 1 is 1.20 bits per heavy atom. The van der Waals surface area contributed by atoms with Crippen molar-refractivity contribution in [2.75, 3.05) is 5.73 Å². The van der Waals surface area contributed by atoms with Gasteiger partial charge in [0.15, 0.2) is 0 Å². The molecule has 0 saturated heterocycles. The summed E-state index contributed by atoms with van der Waals surface area (Å²) in [4.78, 5) is 12.0. The molecule has 0 radical (unpaired) electrons. The molecule has 1 amide bonds. The summed E-state index contributed by atoms with van der Waals surface area (Å²) in [6.07, 6.45) is 0.365. The van der Waals surface area contributed by atoms with E-state index in [1.54, 1.807) is 0 Å². The molecule has 20 heavy (non-hydrogen) atoms. The number of carbonyl (C=O) groups is 1. The van der Waals surface area contributed by atoms with Crippen LogP contribution in [0.5, 0.6) is 0 Å². The number of para-hydroxylation sites is 1. The van der Waals surface area contributed by atoms with Gasteiger partial charge < -0.3 is 11.1 Å². The van der Waals surface area contributed by atoms with Gasteiger partial charge >= 0.3 is 0 Å². The van der Waals surface area contributed by atoms with Gasteiger partial charge in [-0.2, -0.15) is 0 Å². The summed E-state index contributed by atoms with van der Waals surface area (Å²) < 4.78 is 1.01. The van der Waals surface area contributed by atoms with E-state index in [2.05, 4.69) is 21.2 Å². The molecule has 1 atom stereocenters. The molecule has 104 valence electrons. The Morgan fingerprint density at radius 3 is 2.50 bits per heavy atom. The Bertz CT molecular complexity index is 596. The maximum Gasteiger partial charge on any atom is 0.224 e. The molecule has 0 aliphatic rings. The Balaban J connectivity index is 1.98. The van der Waals surface area contributed by atoms with Crippen LogP contribution >= 0.6 is 15.9 Å². The Hall–Kier alpha value is -1.81. The quantitative estimate of drug-likeness (QED) is 0.842. The van der Waals surface area contributed by atoms with Crippen LogP contribution < -0.4 is 11.1 Å². The predicted molar refractivity (Wildman–Crippen MR) is 85.3 cm³/mol. The van der Waals surface area contributed by atoms with Crippen molar-refractivity contribution in [3.05, 3.63) is 64.1 Å². The topological polar surface area (TPSA) is 55.1 Å². The van der Waals surface area contributed by atoms with Gasteiger partial charge in [0.05, 0.1) is 12.5 Å². The van der Waals surface area contributed by atoms with E-state index in [0.29, 0.717) is 12.1 Å². The van der Waals surface area contributed by atoms with Crippen LogP contribution in [0.3, 0.4) is 0 Å². The van der Waals surface area contributed by atoms with E-state index in [1.807, 2.05) is 55.5 Å². The first-order valence-electron chi connectivity index (χ1n) is 6.44. The van der Waals surface area contributed by atoms with Crippen molar-refractivity contribution >= 4 is 27.5 Å². The molecular weight excluding hydrogens is 316 g/mol. The average Bonchev–Trinajstić information content (AvgIpc) is 2.41. The van der Waals surface area contributed by atoms with Gasteiger partial charge in [-0.3, -0.25) is 4.79 Å². The number of anilines is 1. The Kier molecular flexibility index (Phi) is 4.79. The van der Waals surface area contributed by atoms with Crippen molar-refractivity contribution in [2.45, 2.75) is 19.4 Å². The standard InChI is InChI=1S/C16H17BrN2O/c1-11(14-4-2-3-5-15(14)18)19-16(20)10-12-6-8-13(17)9-7-12/h2-9,11H,10,18H2,1H3,(H,19,20). The zero-order chi connectivity index (χ0) is 14.5. The zero-order valence-corrected chi connectivity index (χ0v) is 12.9. The molecule has 2 aromatic rings. The molecule has 0 heterocycles. The number of nitrogens with two attached hydrogens (primary N) is 1. The van der Waals surface area contributed by atoms with Gasteiger partial charge in [-0.1, -0.05) is 46.3 Å². The van der Waals surface area contributed by atoms with E-state index in [1.165, 1.54) is 0 Å². The third kappa shape index (κ3) is 3.84. The fraction of sp³-hybridized carbons (Fsp3) is 0.188. The Morgan fingerprint density at radius 2 is 1.85 bits per heavy atom. The third-order valence-corrected chi connectivity index (χ3v) is 3.65. The highest BCUT2D eigenvalue weighted by Crippen LogP contribution is 2.19. The number of amides is 1. The number of benzene rings is 2. The highest BCUT2D eigenvalue weighted by Gasteiger charge is 2.12. The van der Waals surface area contributed by atoms with Gasteiger partial charge in [-0.05, 0) is 36.2 Å². The first-order chi connectivity index (χ1) is 9.56. The Labute approximate surface area is 127 Å². The van der Waals surface area contributed by atoms with Gasteiger partial charge in [0.1, 0.15) is 0 Å². The first kappa shape index (κ1) is 14.6. The van der Waals surface area contributed by atoms with Crippen molar-refractivity contribution in [1.82, 2.24) is 5.32 Å². The maximum absolute atomic E-state index is 12.0. The van der Waals surface area contributed by atoms with E-state index in [-0.39, 0.29) is 11.9 Å². The SMILES string of the molecule is CC(NC(=O)Cc1ccc(Br)cc1)c1ccccc1N. The summed E-state index contributed by atoms with van der Waals surface area (Å²) in [5.74, 6) is -0.0110. The van der Waals surface area contributed by atoms with Gasteiger partial charge in [0, 0.05) is 10.2 Å². The molecule has 2 rings (SSSR count). The summed E-state index contributed by atoms with van der Waals surface area (Å²) in [7, 11) is 0. The summed E-state index contributed by atoms with van der Waals surface area (Å²) in [5.41, 5.74) is 8.53. The van der Waals surface area contributed by atoms with E-state index < -0.39 is 0 Å². The lowest BCUT2D eigenvalue weighted by atomic mass is 10.1. The monoisotopic (exact) mass is 332 g/mol. The lowest BCUT2D eigenvalue weighted by molar-refractivity contribution is -0.121. The van der Waals surface area contributed by atoms with Crippen molar-refractivity contribution in [3.8, 4) is 0 Å².